The van der Waals surface area contributed by atoms with Gasteiger partial charge in [-0.3, -0.25) is 4.90 Å². The van der Waals surface area contributed by atoms with Gasteiger partial charge >= 0.3 is 5.97 Å². The van der Waals surface area contributed by atoms with Crippen LogP contribution in [0.4, 0.5) is 0 Å². The molecule has 0 aromatic heterocycles. The predicted octanol–water partition coefficient (Wildman–Crippen LogP) is 6.69. The van der Waals surface area contributed by atoms with E-state index in [1.54, 1.807) is 14.0 Å². The van der Waals surface area contributed by atoms with Crippen molar-refractivity contribution in [1.82, 2.24) is 4.90 Å². The van der Waals surface area contributed by atoms with Crippen molar-refractivity contribution >= 4 is 5.97 Å². The lowest BCUT2D eigenvalue weighted by Crippen LogP contribution is -2.60. The summed E-state index contributed by atoms with van der Waals surface area (Å²) in [4.78, 5) is 15.1. The quantitative estimate of drug-likeness (QED) is 0.374. The molecule has 1 aliphatic carbocycles. The van der Waals surface area contributed by atoms with E-state index >= 15 is 0 Å². The summed E-state index contributed by atoms with van der Waals surface area (Å²) in [6.07, 6.45) is 9.31. The Hall–Kier alpha value is -2.57. The molecule has 6 rings (SSSR count). The van der Waals surface area contributed by atoms with Crippen LogP contribution >= 0.6 is 0 Å². The molecule has 1 N–H and O–H groups in total. The van der Waals surface area contributed by atoms with Crippen molar-refractivity contribution in [3.8, 4) is 0 Å². The highest BCUT2D eigenvalue weighted by Crippen LogP contribution is 2.57. The molecule has 6 heteroatoms. The minimum Gasteiger partial charge on any atom is -0.492 e. The molecule has 6 nitrogen and oxygen atoms in total. The number of ether oxygens (including phenoxy) is 3. The highest BCUT2D eigenvalue weighted by Gasteiger charge is 2.56. The molecule has 4 heterocycles. The number of hydrogen-bond acceptors (Lipinski definition) is 6. The van der Waals surface area contributed by atoms with Crippen LogP contribution in [0, 0.1) is 29.6 Å². The Morgan fingerprint density at radius 1 is 1.10 bits per heavy atom. The molecular formula is C35H47NO5. The number of carbonyl (C=O) groups excluding carboxylic acids is 1. The maximum Gasteiger partial charge on any atom is 0.343 e. The van der Waals surface area contributed by atoms with Crippen LogP contribution in [0.5, 0.6) is 0 Å². The third-order valence-corrected chi connectivity index (χ3v) is 10.7. The van der Waals surface area contributed by atoms with Gasteiger partial charge in [0.1, 0.15) is 5.76 Å². The van der Waals surface area contributed by atoms with E-state index < -0.39 is 0 Å². The fourth-order valence-electron chi connectivity index (χ4n) is 8.83. The number of methoxy groups -OCH3 is 1. The molecule has 1 saturated carbocycles. The maximum atomic E-state index is 12.5. The van der Waals surface area contributed by atoms with Gasteiger partial charge in [0.05, 0.1) is 18.8 Å². The van der Waals surface area contributed by atoms with Gasteiger partial charge < -0.3 is 19.3 Å². The van der Waals surface area contributed by atoms with Crippen LogP contribution in [0.1, 0.15) is 84.1 Å². The van der Waals surface area contributed by atoms with Crippen molar-refractivity contribution in [1.29, 1.82) is 0 Å². The van der Waals surface area contributed by atoms with Gasteiger partial charge in [0.25, 0.3) is 0 Å². The van der Waals surface area contributed by atoms with E-state index in [0.717, 1.165) is 44.4 Å². The van der Waals surface area contributed by atoms with Crippen molar-refractivity contribution in [2.24, 2.45) is 29.6 Å². The summed E-state index contributed by atoms with van der Waals surface area (Å²) in [6.45, 7) is 9.42. The number of aliphatic hydroxyl groups excluding tert-OH is 1. The van der Waals surface area contributed by atoms with Crippen molar-refractivity contribution in [2.75, 3.05) is 13.7 Å². The summed E-state index contributed by atoms with van der Waals surface area (Å²) in [5.74, 6) is 4.57. The summed E-state index contributed by atoms with van der Waals surface area (Å²) in [5, 5.41) is 11.9. The van der Waals surface area contributed by atoms with Crippen LogP contribution in [0.3, 0.4) is 0 Å². The SMILES string of the molecule is COC1=C(C)C(=O)OC1=C1OC2=CCCN3C(CC4C(c5ccccc5)CCC4C3C(O)CCCC(C)C)C2C1C. The maximum absolute atomic E-state index is 12.5. The molecule has 4 aliphatic heterocycles. The summed E-state index contributed by atoms with van der Waals surface area (Å²) in [7, 11) is 1.58. The zero-order valence-corrected chi connectivity index (χ0v) is 25.3. The molecule has 0 amide bonds. The lowest BCUT2D eigenvalue weighted by molar-refractivity contribution is -0.133. The Bertz CT molecular complexity index is 1230. The third kappa shape index (κ3) is 5.05. The second kappa shape index (κ2) is 11.6. The topological polar surface area (TPSA) is 68.2 Å². The number of cyclic esters (lactones) is 1. The number of rotatable bonds is 7. The molecule has 3 fully saturated rings. The number of carbonyl (C=O) groups is 1. The van der Waals surface area contributed by atoms with E-state index in [4.69, 9.17) is 14.2 Å². The monoisotopic (exact) mass is 561 g/mol. The fraction of sp³-hybridized carbons (Fsp3) is 0.629. The van der Waals surface area contributed by atoms with Crippen LogP contribution in [0.25, 0.3) is 0 Å². The molecule has 222 valence electrons. The van der Waals surface area contributed by atoms with Gasteiger partial charge in [0.2, 0.25) is 5.76 Å². The fourth-order valence-corrected chi connectivity index (χ4v) is 8.83. The van der Waals surface area contributed by atoms with Crippen LogP contribution in [-0.4, -0.2) is 47.8 Å². The number of piperidine rings is 1. The van der Waals surface area contributed by atoms with E-state index in [1.807, 2.05) is 0 Å². The smallest absolute Gasteiger partial charge is 0.343 e. The van der Waals surface area contributed by atoms with Gasteiger partial charge in [-0.1, -0.05) is 63.9 Å². The average molecular weight is 562 g/mol. The van der Waals surface area contributed by atoms with Gasteiger partial charge in [-0.05, 0) is 74.3 Å². The lowest BCUT2D eigenvalue weighted by Gasteiger charge is -2.52. The standard InChI is InChI=1S/C35H47NO5/c1-20(2)11-9-14-28(37)31-25-17-16-24(23-12-7-6-8-13-23)26(25)19-27-30-21(3)33(40-29(30)15-10-18-36(27)31)34-32(39-5)22(4)35(38)41-34/h6-8,12-13,15,20-21,24-28,30-31,37H,9-11,14,16-19H2,1-5H3. The second-order valence-corrected chi connectivity index (χ2v) is 13.4. The Morgan fingerprint density at radius 2 is 1.88 bits per heavy atom. The van der Waals surface area contributed by atoms with E-state index in [2.05, 4.69) is 62.1 Å². The molecule has 0 spiro atoms. The van der Waals surface area contributed by atoms with Crippen LogP contribution < -0.4 is 0 Å². The van der Waals surface area contributed by atoms with Crippen molar-refractivity contribution in [3.05, 3.63) is 70.6 Å². The van der Waals surface area contributed by atoms with E-state index in [1.165, 1.54) is 18.4 Å². The lowest BCUT2D eigenvalue weighted by atomic mass is 9.68. The van der Waals surface area contributed by atoms with Gasteiger partial charge in [0, 0.05) is 30.5 Å². The zero-order valence-electron chi connectivity index (χ0n) is 25.3. The van der Waals surface area contributed by atoms with E-state index in [0.29, 0.717) is 46.5 Å². The van der Waals surface area contributed by atoms with Gasteiger partial charge in [0.15, 0.2) is 11.5 Å². The minimum absolute atomic E-state index is 0.0255. The normalized spacial score (nSPS) is 35.8. The molecule has 41 heavy (non-hydrogen) atoms. The number of hydrogen-bond donors (Lipinski definition) is 1. The van der Waals surface area contributed by atoms with Crippen LogP contribution in [-0.2, 0) is 19.0 Å². The minimum atomic E-state index is -0.371. The molecule has 1 aromatic carbocycles. The Balaban J connectivity index is 1.36. The molecule has 5 aliphatic rings. The number of nitrogens with zero attached hydrogens (tertiary/aromatic N) is 1. The summed E-state index contributed by atoms with van der Waals surface area (Å²) in [6, 6.07) is 11.4. The first-order valence-corrected chi connectivity index (χ1v) is 15.9. The Kier molecular flexibility index (Phi) is 8.08. The largest absolute Gasteiger partial charge is 0.492 e. The first-order chi connectivity index (χ1) is 19.8. The Labute approximate surface area is 245 Å². The van der Waals surface area contributed by atoms with Gasteiger partial charge in [-0.25, -0.2) is 4.79 Å². The molecule has 8 atom stereocenters. The number of benzene rings is 1. The summed E-state index contributed by atoms with van der Waals surface area (Å²) < 4.78 is 17.9. The Morgan fingerprint density at radius 3 is 2.61 bits per heavy atom. The first kappa shape index (κ1) is 28.5. The third-order valence-electron chi connectivity index (χ3n) is 10.7. The van der Waals surface area contributed by atoms with E-state index in [-0.39, 0.29) is 36.0 Å². The molecule has 0 radical (unpaired) electrons. The number of esters is 1. The summed E-state index contributed by atoms with van der Waals surface area (Å²) >= 11 is 0. The molecular weight excluding hydrogens is 514 g/mol. The second-order valence-electron chi connectivity index (χ2n) is 13.4. The van der Waals surface area contributed by atoms with Gasteiger partial charge in [-0.2, -0.15) is 0 Å². The highest BCUT2D eigenvalue weighted by molar-refractivity contribution is 5.93. The molecule has 1 aromatic rings. The molecule has 8 unspecified atom stereocenters. The molecule has 2 saturated heterocycles. The number of fused-ring (bicyclic) bond motifs is 4. The first-order valence-electron chi connectivity index (χ1n) is 15.9. The predicted molar refractivity (Wildman–Crippen MR) is 158 cm³/mol. The zero-order chi connectivity index (χ0) is 28.8. The van der Waals surface area contributed by atoms with Crippen LogP contribution in [0.15, 0.2) is 65.0 Å². The average Bonchev–Trinajstić information content (AvgIpc) is 3.56. The van der Waals surface area contributed by atoms with Crippen molar-refractivity contribution in [3.63, 3.8) is 0 Å². The van der Waals surface area contributed by atoms with Gasteiger partial charge in [-0.15, -0.1) is 0 Å². The van der Waals surface area contributed by atoms with Crippen LogP contribution in [0.2, 0.25) is 0 Å². The van der Waals surface area contributed by atoms with Crippen molar-refractivity contribution in [2.45, 2.75) is 96.7 Å². The van der Waals surface area contributed by atoms with E-state index in [9.17, 15) is 9.90 Å². The molecule has 0 bridgehead atoms. The highest BCUT2D eigenvalue weighted by atomic mass is 16.6. The summed E-state index contributed by atoms with van der Waals surface area (Å²) in [5.41, 5.74) is 1.92. The number of aliphatic hydroxyl groups is 1. The van der Waals surface area contributed by atoms with Crippen molar-refractivity contribution < 1.29 is 24.1 Å². The number of allylic oxidation sites excluding steroid dienone is 1.